The van der Waals surface area contributed by atoms with Crippen LogP contribution in [-0.4, -0.2) is 35.2 Å². The van der Waals surface area contributed by atoms with Crippen LogP contribution in [-0.2, 0) is 10.9 Å². The van der Waals surface area contributed by atoms with Gasteiger partial charge in [-0.1, -0.05) is 6.08 Å². The number of benzene rings is 1. The number of rotatable bonds is 4. The van der Waals surface area contributed by atoms with E-state index in [0.29, 0.717) is 18.8 Å². The largest absolute Gasteiger partial charge is 0.416 e. The van der Waals surface area contributed by atoms with Crippen molar-refractivity contribution in [2.24, 2.45) is 0 Å². The average molecular weight is 441 g/mol. The van der Waals surface area contributed by atoms with Gasteiger partial charge >= 0.3 is 6.18 Å². The lowest BCUT2D eigenvalue weighted by Crippen LogP contribution is -2.20. The molecule has 5 nitrogen and oxygen atoms in total. The lowest BCUT2D eigenvalue weighted by atomic mass is 9.88. The van der Waals surface area contributed by atoms with Gasteiger partial charge in [-0.2, -0.15) is 18.3 Å². The molecule has 1 amide bonds. The smallest absolute Gasteiger partial charge is 0.381 e. The van der Waals surface area contributed by atoms with Crippen LogP contribution in [0.1, 0.15) is 58.8 Å². The molecule has 1 fully saturated rings. The molecule has 2 N–H and O–H groups in total. The average Bonchev–Trinajstić information content (AvgIpc) is 3.38. The molecule has 2 aromatic rings. The quantitative estimate of drug-likeness (QED) is 0.626. The number of aromatic nitrogens is 2. The molecule has 2 heterocycles. The first-order chi connectivity index (χ1) is 14.6. The summed E-state index contributed by atoms with van der Waals surface area (Å²) in [6, 6.07) is 4.37. The first-order valence-electron chi connectivity index (χ1n) is 9.85. The van der Waals surface area contributed by atoms with Crippen molar-refractivity contribution < 1.29 is 31.5 Å². The van der Waals surface area contributed by atoms with E-state index < -0.39 is 36.4 Å². The van der Waals surface area contributed by atoms with Gasteiger partial charge in [0.25, 0.3) is 11.8 Å². The van der Waals surface area contributed by atoms with Crippen LogP contribution in [0, 0.1) is 0 Å². The lowest BCUT2D eigenvalue weighted by molar-refractivity contribution is -0.137. The molecule has 1 atom stereocenters. The Hall–Kier alpha value is -2.75. The summed E-state index contributed by atoms with van der Waals surface area (Å²) in [7, 11) is 0. The number of halogens is 5. The molecule has 1 aromatic heterocycles. The molecule has 1 aromatic carbocycles. The molecule has 0 bridgehead atoms. The highest BCUT2D eigenvalue weighted by atomic mass is 19.4. The highest BCUT2D eigenvalue weighted by Crippen LogP contribution is 2.39. The van der Waals surface area contributed by atoms with Gasteiger partial charge in [-0.3, -0.25) is 9.89 Å². The van der Waals surface area contributed by atoms with Crippen molar-refractivity contribution in [2.75, 3.05) is 18.5 Å². The fourth-order valence-electron chi connectivity index (χ4n) is 3.80. The Bertz CT molecular complexity index is 1010. The fraction of sp³-hybridized carbons (Fsp3) is 0.429. The number of hydrogen-bond donors (Lipinski definition) is 2. The third kappa shape index (κ3) is 4.79. The van der Waals surface area contributed by atoms with Crippen LogP contribution >= 0.6 is 0 Å². The van der Waals surface area contributed by atoms with Crippen LogP contribution in [0.5, 0.6) is 0 Å². The van der Waals surface area contributed by atoms with Gasteiger partial charge in [0.15, 0.2) is 5.82 Å². The van der Waals surface area contributed by atoms with E-state index in [1.807, 2.05) is 0 Å². The van der Waals surface area contributed by atoms with E-state index in [0.717, 1.165) is 30.3 Å². The van der Waals surface area contributed by atoms with E-state index in [1.54, 1.807) is 6.07 Å². The minimum absolute atomic E-state index is 0.00257. The normalized spacial score (nSPS) is 21.1. The van der Waals surface area contributed by atoms with Crippen LogP contribution in [0.4, 0.5) is 27.8 Å². The summed E-state index contributed by atoms with van der Waals surface area (Å²) in [4.78, 5) is 12.9. The highest BCUT2D eigenvalue weighted by molar-refractivity contribution is 6.07. The molecule has 1 aliphatic heterocycles. The zero-order valence-corrected chi connectivity index (χ0v) is 16.4. The molecule has 31 heavy (non-hydrogen) atoms. The van der Waals surface area contributed by atoms with Crippen molar-refractivity contribution in [1.82, 2.24) is 10.2 Å². The zero-order valence-electron chi connectivity index (χ0n) is 16.4. The van der Waals surface area contributed by atoms with Gasteiger partial charge in [0, 0.05) is 42.7 Å². The Morgan fingerprint density at radius 3 is 2.71 bits per heavy atom. The number of amides is 1. The van der Waals surface area contributed by atoms with Gasteiger partial charge in [0.1, 0.15) is 0 Å². The SMILES string of the molecule is O=C(Nc1cc(C2CCOC2)[nH]n1)c1ccc(C(F)(F)F)cc1C1=CCC(F)(F)CC1. The van der Waals surface area contributed by atoms with E-state index in [1.165, 1.54) is 6.08 Å². The molecular formula is C21H20F5N3O2. The minimum atomic E-state index is -4.62. The van der Waals surface area contributed by atoms with Gasteiger partial charge in [0.05, 0.1) is 12.2 Å². The Kier molecular flexibility index (Phi) is 5.59. The van der Waals surface area contributed by atoms with E-state index in [2.05, 4.69) is 15.5 Å². The number of nitrogens with zero attached hydrogens (tertiary/aromatic N) is 1. The van der Waals surface area contributed by atoms with Crippen molar-refractivity contribution in [3.05, 3.63) is 52.7 Å². The number of alkyl halides is 5. The predicted octanol–water partition coefficient (Wildman–Crippen LogP) is 5.39. The van der Waals surface area contributed by atoms with Gasteiger partial charge in [-0.15, -0.1) is 0 Å². The van der Waals surface area contributed by atoms with Crippen molar-refractivity contribution in [3.8, 4) is 0 Å². The van der Waals surface area contributed by atoms with E-state index in [-0.39, 0.29) is 29.3 Å². The Balaban J connectivity index is 1.62. The van der Waals surface area contributed by atoms with Crippen LogP contribution in [0.2, 0.25) is 0 Å². The fourth-order valence-corrected chi connectivity index (χ4v) is 3.80. The van der Waals surface area contributed by atoms with Crippen LogP contribution < -0.4 is 5.32 Å². The maximum absolute atomic E-state index is 13.5. The zero-order chi connectivity index (χ0) is 22.2. The summed E-state index contributed by atoms with van der Waals surface area (Å²) in [6.07, 6.45) is -3.78. The minimum Gasteiger partial charge on any atom is -0.381 e. The number of hydrogen-bond acceptors (Lipinski definition) is 3. The number of carbonyl (C=O) groups is 1. The molecule has 1 aliphatic carbocycles. The molecule has 1 unspecified atom stereocenters. The molecule has 0 radical (unpaired) electrons. The van der Waals surface area contributed by atoms with Crippen LogP contribution in [0.25, 0.3) is 5.57 Å². The van der Waals surface area contributed by atoms with E-state index in [4.69, 9.17) is 4.74 Å². The number of aromatic amines is 1. The van der Waals surface area contributed by atoms with Crippen LogP contribution in [0.15, 0.2) is 30.3 Å². The maximum atomic E-state index is 13.5. The standard InChI is InChI=1S/C21H20F5N3O2/c22-20(23)6-3-12(4-7-20)16-9-14(21(24,25)26)1-2-15(16)19(30)27-18-10-17(28-29-18)13-5-8-31-11-13/h1-3,9-10,13H,4-8,11H2,(H2,27,28,29,30). The highest BCUT2D eigenvalue weighted by Gasteiger charge is 2.35. The van der Waals surface area contributed by atoms with Crippen molar-refractivity contribution >= 4 is 17.3 Å². The van der Waals surface area contributed by atoms with Crippen LogP contribution in [0.3, 0.4) is 0 Å². The maximum Gasteiger partial charge on any atom is 0.416 e. The monoisotopic (exact) mass is 441 g/mol. The Labute approximate surface area is 174 Å². The predicted molar refractivity (Wildman–Crippen MR) is 103 cm³/mol. The number of ether oxygens (including phenoxy) is 1. The Morgan fingerprint density at radius 1 is 1.26 bits per heavy atom. The van der Waals surface area contributed by atoms with Gasteiger partial charge in [0.2, 0.25) is 0 Å². The number of nitrogens with one attached hydrogen (secondary N) is 2. The summed E-state index contributed by atoms with van der Waals surface area (Å²) in [5, 5.41) is 9.45. The summed E-state index contributed by atoms with van der Waals surface area (Å²) in [6.45, 7) is 1.17. The second-order valence-electron chi connectivity index (χ2n) is 7.77. The Morgan fingerprint density at radius 2 is 2.06 bits per heavy atom. The third-order valence-corrected chi connectivity index (χ3v) is 5.55. The van der Waals surface area contributed by atoms with Gasteiger partial charge < -0.3 is 10.1 Å². The first kappa shape index (κ1) is 21.5. The molecule has 0 saturated carbocycles. The summed E-state index contributed by atoms with van der Waals surface area (Å²) in [5.41, 5.74) is 0.118. The second kappa shape index (κ2) is 8.07. The molecule has 0 spiro atoms. The first-order valence-corrected chi connectivity index (χ1v) is 9.85. The van der Waals surface area contributed by atoms with E-state index in [9.17, 15) is 26.7 Å². The molecule has 2 aliphatic rings. The topological polar surface area (TPSA) is 67.0 Å². The summed E-state index contributed by atoms with van der Waals surface area (Å²) < 4.78 is 72.0. The van der Waals surface area contributed by atoms with E-state index >= 15 is 0 Å². The lowest BCUT2D eigenvalue weighted by Gasteiger charge is -2.23. The third-order valence-electron chi connectivity index (χ3n) is 5.55. The molecule has 1 saturated heterocycles. The number of H-pyrrole nitrogens is 1. The molecular weight excluding hydrogens is 421 g/mol. The van der Waals surface area contributed by atoms with Gasteiger partial charge in [-0.25, -0.2) is 8.78 Å². The molecule has 4 rings (SSSR count). The second-order valence-corrected chi connectivity index (χ2v) is 7.77. The molecule has 10 heteroatoms. The number of anilines is 1. The number of allylic oxidation sites excluding steroid dienone is 2. The van der Waals surface area contributed by atoms with Crippen molar-refractivity contribution in [2.45, 2.75) is 43.7 Å². The summed E-state index contributed by atoms with van der Waals surface area (Å²) in [5.74, 6) is -3.21. The molecule has 166 valence electrons. The van der Waals surface area contributed by atoms with Crippen molar-refractivity contribution in [3.63, 3.8) is 0 Å². The van der Waals surface area contributed by atoms with Crippen molar-refractivity contribution in [1.29, 1.82) is 0 Å². The summed E-state index contributed by atoms with van der Waals surface area (Å²) >= 11 is 0. The number of carbonyl (C=O) groups excluding carboxylic acids is 1. The van der Waals surface area contributed by atoms with Gasteiger partial charge in [-0.05, 0) is 42.2 Å².